The van der Waals surface area contributed by atoms with Gasteiger partial charge in [-0.05, 0) is 36.8 Å². The molecule has 1 atom stereocenters. The Morgan fingerprint density at radius 1 is 1.19 bits per heavy atom. The molecular formula is C16H17N3O2. The van der Waals surface area contributed by atoms with Gasteiger partial charge in [-0.15, -0.1) is 0 Å². The van der Waals surface area contributed by atoms with Crippen LogP contribution in [0.4, 0.5) is 5.69 Å². The lowest BCUT2D eigenvalue weighted by atomic mass is 10.1. The number of aromatic amines is 2. The lowest BCUT2D eigenvalue weighted by Crippen LogP contribution is -2.17. The van der Waals surface area contributed by atoms with E-state index in [9.17, 15) is 4.79 Å². The fourth-order valence-corrected chi connectivity index (χ4v) is 2.30. The Kier molecular flexibility index (Phi) is 3.64. The standard InChI is InChI=1S/C16H17N3O2/c1-11(9-14-3-2-8-21-14)17-13-6-4-12(5-7-13)15-10-16(20)19-18-15/h2-8,10-11,17H,9H2,1H3,(H2,18,19,20). The second-order valence-corrected chi connectivity index (χ2v) is 5.08. The molecule has 5 nitrogen and oxygen atoms in total. The molecule has 1 aromatic carbocycles. The van der Waals surface area contributed by atoms with Crippen molar-refractivity contribution in [3.8, 4) is 11.3 Å². The summed E-state index contributed by atoms with van der Waals surface area (Å²) in [5.41, 5.74) is 2.67. The highest BCUT2D eigenvalue weighted by Gasteiger charge is 2.06. The van der Waals surface area contributed by atoms with Gasteiger partial charge in [-0.3, -0.25) is 15.0 Å². The maximum atomic E-state index is 11.1. The highest BCUT2D eigenvalue weighted by molar-refractivity contribution is 5.62. The van der Waals surface area contributed by atoms with Gasteiger partial charge in [0.15, 0.2) is 0 Å². The Bertz CT molecular complexity index is 738. The van der Waals surface area contributed by atoms with Crippen molar-refractivity contribution >= 4 is 5.69 Å². The molecular weight excluding hydrogens is 266 g/mol. The molecule has 1 unspecified atom stereocenters. The summed E-state index contributed by atoms with van der Waals surface area (Å²) < 4.78 is 5.34. The third-order valence-electron chi connectivity index (χ3n) is 3.29. The van der Waals surface area contributed by atoms with E-state index in [-0.39, 0.29) is 11.6 Å². The molecule has 0 aliphatic carbocycles. The first-order valence-electron chi connectivity index (χ1n) is 6.88. The minimum Gasteiger partial charge on any atom is -0.469 e. The Balaban J connectivity index is 1.65. The average Bonchev–Trinajstić information content (AvgIpc) is 3.11. The lowest BCUT2D eigenvalue weighted by molar-refractivity contribution is 0.498. The van der Waals surface area contributed by atoms with Crippen molar-refractivity contribution < 1.29 is 4.42 Å². The predicted molar refractivity (Wildman–Crippen MR) is 82.3 cm³/mol. The van der Waals surface area contributed by atoms with Crippen LogP contribution in [0.1, 0.15) is 12.7 Å². The first kappa shape index (κ1) is 13.3. The van der Waals surface area contributed by atoms with E-state index in [2.05, 4.69) is 22.4 Å². The van der Waals surface area contributed by atoms with Crippen LogP contribution in [-0.4, -0.2) is 16.2 Å². The molecule has 0 amide bonds. The molecule has 0 aliphatic rings. The molecule has 0 fully saturated rings. The fourth-order valence-electron chi connectivity index (χ4n) is 2.30. The normalized spacial score (nSPS) is 12.2. The molecule has 108 valence electrons. The molecule has 0 aliphatic heterocycles. The molecule has 3 rings (SSSR count). The number of hydrogen-bond acceptors (Lipinski definition) is 3. The largest absolute Gasteiger partial charge is 0.469 e. The van der Waals surface area contributed by atoms with Gasteiger partial charge in [0.2, 0.25) is 0 Å². The number of anilines is 1. The number of furan rings is 1. The molecule has 0 saturated carbocycles. The minimum absolute atomic E-state index is 0.126. The Morgan fingerprint density at radius 2 is 2.00 bits per heavy atom. The van der Waals surface area contributed by atoms with E-state index in [0.717, 1.165) is 29.1 Å². The van der Waals surface area contributed by atoms with Crippen molar-refractivity contribution in [2.45, 2.75) is 19.4 Å². The molecule has 0 bridgehead atoms. The van der Waals surface area contributed by atoms with Crippen molar-refractivity contribution in [3.05, 3.63) is 64.8 Å². The van der Waals surface area contributed by atoms with Crippen LogP contribution in [0.3, 0.4) is 0 Å². The van der Waals surface area contributed by atoms with Gasteiger partial charge in [-0.1, -0.05) is 12.1 Å². The summed E-state index contributed by atoms with van der Waals surface area (Å²) in [5, 5.41) is 8.80. The average molecular weight is 283 g/mol. The zero-order valence-electron chi connectivity index (χ0n) is 11.7. The molecule has 3 N–H and O–H groups in total. The van der Waals surface area contributed by atoms with Crippen molar-refractivity contribution in [1.82, 2.24) is 10.2 Å². The highest BCUT2D eigenvalue weighted by atomic mass is 16.3. The molecule has 21 heavy (non-hydrogen) atoms. The van der Waals surface area contributed by atoms with Crippen LogP contribution in [0.5, 0.6) is 0 Å². The number of benzene rings is 1. The van der Waals surface area contributed by atoms with Gasteiger partial charge in [0, 0.05) is 24.2 Å². The topological polar surface area (TPSA) is 73.8 Å². The smallest absolute Gasteiger partial charge is 0.264 e. The summed E-state index contributed by atoms with van der Waals surface area (Å²) in [6.45, 7) is 2.11. The first-order valence-corrected chi connectivity index (χ1v) is 6.88. The number of nitrogens with one attached hydrogen (secondary N) is 3. The van der Waals surface area contributed by atoms with Gasteiger partial charge in [-0.25, -0.2) is 0 Å². The van der Waals surface area contributed by atoms with Gasteiger partial charge >= 0.3 is 0 Å². The van der Waals surface area contributed by atoms with Crippen molar-refractivity contribution in [1.29, 1.82) is 0 Å². The van der Waals surface area contributed by atoms with E-state index < -0.39 is 0 Å². The van der Waals surface area contributed by atoms with Gasteiger partial charge in [0.25, 0.3) is 5.56 Å². The zero-order valence-corrected chi connectivity index (χ0v) is 11.7. The van der Waals surface area contributed by atoms with E-state index in [1.807, 2.05) is 36.4 Å². The minimum atomic E-state index is -0.126. The van der Waals surface area contributed by atoms with Crippen LogP contribution in [0.15, 0.2) is 57.9 Å². The maximum absolute atomic E-state index is 11.1. The van der Waals surface area contributed by atoms with E-state index >= 15 is 0 Å². The quantitative estimate of drug-likeness (QED) is 0.674. The van der Waals surface area contributed by atoms with Gasteiger partial charge < -0.3 is 9.73 Å². The van der Waals surface area contributed by atoms with Crippen LogP contribution in [0.25, 0.3) is 11.3 Å². The monoisotopic (exact) mass is 283 g/mol. The summed E-state index contributed by atoms with van der Waals surface area (Å²) >= 11 is 0. The molecule has 2 aromatic heterocycles. The molecule has 2 heterocycles. The number of hydrogen-bond donors (Lipinski definition) is 3. The Hall–Kier alpha value is -2.69. The zero-order chi connectivity index (χ0) is 14.7. The van der Waals surface area contributed by atoms with Crippen molar-refractivity contribution in [2.75, 3.05) is 5.32 Å². The molecule has 5 heteroatoms. The third kappa shape index (κ3) is 3.25. The highest BCUT2D eigenvalue weighted by Crippen LogP contribution is 2.19. The molecule has 3 aromatic rings. The van der Waals surface area contributed by atoms with Crippen LogP contribution in [-0.2, 0) is 6.42 Å². The number of H-pyrrole nitrogens is 2. The summed E-state index contributed by atoms with van der Waals surface area (Å²) in [6, 6.07) is 13.6. The van der Waals surface area contributed by atoms with Crippen molar-refractivity contribution in [2.24, 2.45) is 0 Å². The summed E-state index contributed by atoms with van der Waals surface area (Å²) in [7, 11) is 0. The van der Waals surface area contributed by atoms with E-state index in [0.29, 0.717) is 0 Å². The van der Waals surface area contributed by atoms with Gasteiger partial charge in [0.05, 0.1) is 12.0 Å². The van der Waals surface area contributed by atoms with Crippen LogP contribution in [0, 0.1) is 0 Å². The molecule has 0 saturated heterocycles. The summed E-state index contributed by atoms with van der Waals surface area (Å²) in [5.74, 6) is 0.969. The second kappa shape index (κ2) is 5.75. The predicted octanol–water partition coefficient (Wildman–Crippen LogP) is 3.01. The molecule has 0 spiro atoms. The lowest BCUT2D eigenvalue weighted by Gasteiger charge is -2.14. The maximum Gasteiger partial charge on any atom is 0.264 e. The van der Waals surface area contributed by atoms with Crippen molar-refractivity contribution in [3.63, 3.8) is 0 Å². The van der Waals surface area contributed by atoms with Crippen LogP contribution < -0.4 is 10.9 Å². The Morgan fingerprint density at radius 3 is 2.62 bits per heavy atom. The van der Waals surface area contributed by atoms with Gasteiger partial charge in [-0.2, -0.15) is 0 Å². The third-order valence-corrected chi connectivity index (χ3v) is 3.29. The molecule has 0 radical (unpaired) electrons. The SMILES string of the molecule is CC(Cc1ccco1)Nc1ccc(-c2cc(=O)[nH][nH]2)cc1. The number of rotatable bonds is 5. The van der Waals surface area contributed by atoms with Crippen LogP contribution >= 0.6 is 0 Å². The fraction of sp³-hybridized carbons (Fsp3) is 0.188. The Labute approximate surface area is 122 Å². The first-order chi connectivity index (χ1) is 10.2. The van der Waals surface area contributed by atoms with E-state index in [1.165, 1.54) is 0 Å². The van der Waals surface area contributed by atoms with Gasteiger partial charge in [0.1, 0.15) is 5.76 Å². The van der Waals surface area contributed by atoms with E-state index in [4.69, 9.17) is 4.42 Å². The van der Waals surface area contributed by atoms with Crippen LogP contribution in [0.2, 0.25) is 0 Å². The number of aromatic nitrogens is 2. The second-order valence-electron chi connectivity index (χ2n) is 5.08. The van der Waals surface area contributed by atoms with E-state index in [1.54, 1.807) is 12.3 Å². The summed E-state index contributed by atoms with van der Waals surface area (Å²) in [4.78, 5) is 11.1. The summed E-state index contributed by atoms with van der Waals surface area (Å²) in [6.07, 6.45) is 2.52.